The molecule has 3 fully saturated rings. The van der Waals surface area contributed by atoms with Gasteiger partial charge < -0.3 is 29.2 Å². The van der Waals surface area contributed by atoms with E-state index in [0.29, 0.717) is 44.2 Å². The molecule has 1 unspecified atom stereocenters. The number of aromatic nitrogens is 2. The smallest absolute Gasteiger partial charge is 0.323 e. The van der Waals surface area contributed by atoms with E-state index in [1.54, 1.807) is 12.1 Å². The van der Waals surface area contributed by atoms with E-state index in [9.17, 15) is 9.59 Å². The fourth-order valence-corrected chi connectivity index (χ4v) is 10.0. The molecular weight excluding hydrogens is 757 g/mol. The van der Waals surface area contributed by atoms with Gasteiger partial charge in [-0.05, 0) is 106 Å². The van der Waals surface area contributed by atoms with Crippen LogP contribution in [0.2, 0.25) is 0 Å². The van der Waals surface area contributed by atoms with Crippen LogP contribution in [0.3, 0.4) is 0 Å². The third kappa shape index (κ3) is 8.79. The maximum absolute atomic E-state index is 14.4. The lowest BCUT2D eigenvalue weighted by molar-refractivity contribution is -0.158. The Morgan fingerprint density at radius 3 is 2.63 bits per heavy atom. The summed E-state index contributed by atoms with van der Waals surface area (Å²) in [6.07, 6.45) is 8.14. The largest absolute Gasteiger partial charge is 0.464 e. The van der Waals surface area contributed by atoms with E-state index in [4.69, 9.17) is 14.5 Å². The van der Waals surface area contributed by atoms with Crippen molar-refractivity contribution in [1.29, 1.82) is 0 Å². The first kappa shape index (κ1) is 42.1. The number of hydrogen-bond donors (Lipinski definition) is 2. The lowest BCUT2D eigenvalue weighted by atomic mass is 9.84. The monoisotopic (exact) mass is 821 g/mol. The zero-order valence-electron chi connectivity index (χ0n) is 36.4. The van der Waals surface area contributed by atoms with Crippen LogP contribution in [0, 0.1) is 17.3 Å². The molecule has 13 heteroatoms. The lowest BCUT2D eigenvalue weighted by Gasteiger charge is -2.42. The molecule has 1 saturated carbocycles. The number of nitrogens with one attached hydrogen (secondary N) is 2. The number of likely N-dealkylation sites (N-methyl/N-ethyl adjacent to an activating group) is 1. The van der Waals surface area contributed by atoms with Crippen molar-refractivity contribution >= 4 is 44.3 Å². The van der Waals surface area contributed by atoms with Crippen molar-refractivity contribution in [2.24, 2.45) is 17.3 Å². The second-order valence-electron chi connectivity index (χ2n) is 18.8. The highest BCUT2D eigenvalue weighted by molar-refractivity contribution is 6.27. The summed E-state index contributed by atoms with van der Waals surface area (Å²) in [5.41, 5.74) is 12.0. The van der Waals surface area contributed by atoms with E-state index in [0.717, 1.165) is 81.4 Å². The molecule has 6 atom stereocenters. The molecule has 2 saturated heterocycles. The van der Waals surface area contributed by atoms with Crippen LogP contribution in [-0.4, -0.2) is 137 Å². The van der Waals surface area contributed by atoms with Gasteiger partial charge in [0, 0.05) is 87.9 Å². The molecule has 2 N–H and O–H groups in total. The summed E-state index contributed by atoms with van der Waals surface area (Å²) in [7, 11) is 7.75. The van der Waals surface area contributed by atoms with Gasteiger partial charge in [-0.25, -0.2) is 5.43 Å². The number of cyclic esters (lactones) is 1. The van der Waals surface area contributed by atoms with Crippen LogP contribution in [0.15, 0.2) is 36.5 Å². The van der Waals surface area contributed by atoms with Crippen LogP contribution in [-0.2, 0) is 32.0 Å². The van der Waals surface area contributed by atoms with Crippen molar-refractivity contribution in [3.63, 3.8) is 0 Å². The molecule has 1 amide bonds. The van der Waals surface area contributed by atoms with E-state index in [-0.39, 0.29) is 18.6 Å². The van der Waals surface area contributed by atoms with Gasteiger partial charge in [0.2, 0.25) is 0 Å². The second-order valence-corrected chi connectivity index (χ2v) is 19.7. The third-order valence-corrected chi connectivity index (χ3v) is 14.2. The van der Waals surface area contributed by atoms with Crippen LogP contribution in [0.25, 0.3) is 27.7 Å². The number of fused-ring (bicyclic) bond motifs is 6. The van der Waals surface area contributed by atoms with Gasteiger partial charge in [-0.2, -0.15) is 0 Å². The van der Waals surface area contributed by atoms with Crippen LogP contribution in [0.4, 0.5) is 5.69 Å². The molecule has 8 rings (SSSR count). The Morgan fingerprint density at radius 2 is 1.90 bits per heavy atom. The summed E-state index contributed by atoms with van der Waals surface area (Å²) in [6.45, 7) is 19.4. The highest BCUT2D eigenvalue weighted by atomic mass is 28.1. The van der Waals surface area contributed by atoms with Gasteiger partial charge in [0.25, 0.3) is 5.91 Å². The molecule has 3 aromatic rings. The minimum absolute atomic E-state index is 0.0289. The SMILES string of the molecule is CCn1c(-c2cc(N3CCN(C)CC3)cnc2[C@H](C)OC)c2c3cc(ccc31)C1=CCCN(C1)C[C@H](NC[C@H]1C[C@@H]1C)C(=O)N1CCC[C@@]([Si])(N1)C(=O)OCC(C)(C)C2. The Hall–Kier alpha value is -3.59. The first-order chi connectivity index (χ1) is 28.3. The number of aryl methyl sites for hydroxylation is 1. The van der Waals surface area contributed by atoms with Crippen molar-refractivity contribution in [2.45, 2.75) is 90.6 Å². The molecule has 3 radical (unpaired) electrons. The van der Waals surface area contributed by atoms with Gasteiger partial charge in [-0.3, -0.25) is 24.5 Å². The molecule has 6 heterocycles. The number of methoxy groups -OCH3 is 1. The summed E-state index contributed by atoms with van der Waals surface area (Å²) < 4.78 is 14.7. The van der Waals surface area contributed by atoms with Gasteiger partial charge in [0.05, 0.1) is 46.2 Å². The average molecular weight is 822 g/mol. The lowest BCUT2D eigenvalue weighted by Crippen LogP contribution is -2.67. The van der Waals surface area contributed by atoms with E-state index in [1.165, 1.54) is 34.0 Å². The number of pyridine rings is 1. The third-order valence-electron chi connectivity index (χ3n) is 13.6. The topological polar surface area (TPSA) is 107 Å². The molecular formula is C46H65N8O4Si. The standard InChI is InChI=1S/C46H65N8O4Si/c1-8-53-40-13-12-32-22-36(40)38(42(53)37-23-35(26-48-41(37)31(3)57-7)52-19-17-50(6)18-20-52)24-45(4,5)29-58-44(56)46(59)14-10-16-54(49-46)43(55)39(47-25-34-21-30(34)2)28-51-15-9-11-33(32)27-51/h11-13,22-23,26,30-31,34,39,47,49H,8-10,14-21,24-25,27-29H2,1-7H3/t30-,31-,34+,39-,46-/m0/s1. The van der Waals surface area contributed by atoms with Gasteiger partial charge in [0.1, 0.15) is 11.2 Å². The Bertz CT molecular complexity index is 2080. The number of anilines is 1. The maximum atomic E-state index is 14.4. The highest BCUT2D eigenvalue weighted by Gasteiger charge is 2.43. The van der Waals surface area contributed by atoms with Crippen LogP contribution in [0.5, 0.6) is 0 Å². The van der Waals surface area contributed by atoms with Gasteiger partial charge in [-0.1, -0.05) is 32.9 Å². The predicted octanol–water partition coefficient (Wildman–Crippen LogP) is 5.00. The number of hydrazine groups is 1. The first-order valence-corrected chi connectivity index (χ1v) is 22.6. The number of hydrogen-bond acceptors (Lipinski definition) is 10. The fourth-order valence-electron chi connectivity index (χ4n) is 9.66. The van der Waals surface area contributed by atoms with Crippen molar-refractivity contribution < 1.29 is 19.1 Å². The van der Waals surface area contributed by atoms with E-state index in [1.807, 2.05) is 6.20 Å². The molecule has 1 aliphatic carbocycles. The molecule has 1 aromatic carbocycles. The number of esters is 1. The Balaban J connectivity index is 1.25. The molecule has 5 aliphatic rings. The van der Waals surface area contributed by atoms with E-state index in [2.05, 4.69) is 112 Å². The number of nitrogens with zero attached hydrogens (tertiary/aromatic N) is 6. The number of carbonyl (C=O) groups excluding carboxylic acids is 2. The molecule has 2 aromatic heterocycles. The van der Waals surface area contributed by atoms with E-state index >= 15 is 0 Å². The Labute approximate surface area is 354 Å². The van der Waals surface area contributed by atoms with Crippen molar-refractivity contribution in [2.75, 3.05) is 84.6 Å². The second kappa shape index (κ2) is 17.0. The van der Waals surface area contributed by atoms with Gasteiger partial charge in [-0.15, -0.1) is 0 Å². The molecule has 0 spiro atoms. The Morgan fingerprint density at radius 1 is 1.12 bits per heavy atom. The number of carbonyl (C=O) groups is 2. The number of piperazine rings is 1. The van der Waals surface area contributed by atoms with Crippen molar-refractivity contribution in [3.05, 3.63) is 53.4 Å². The minimum Gasteiger partial charge on any atom is -0.464 e. The number of ether oxygens (including phenoxy) is 2. The number of rotatable bonds is 8. The molecule has 317 valence electrons. The summed E-state index contributed by atoms with van der Waals surface area (Å²) >= 11 is 0. The number of amides is 1. The summed E-state index contributed by atoms with van der Waals surface area (Å²) in [6, 6.07) is 8.89. The zero-order valence-corrected chi connectivity index (χ0v) is 37.4. The van der Waals surface area contributed by atoms with Crippen LogP contribution in [0.1, 0.15) is 83.2 Å². The van der Waals surface area contributed by atoms with Crippen LogP contribution >= 0.6 is 0 Å². The Kier molecular flexibility index (Phi) is 12.2. The molecule has 59 heavy (non-hydrogen) atoms. The highest BCUT2D eigenvalue weighted by Crippen LogP contribution is 2.43. The summed E-state index contributed by atoms with van der Waals surface area (Å²) in [4.78, 5) is 40.9. The number of benzene rings is 1. The fraction of sp³-hybridized carbons (Fsp3) is 0.630. The van der Waals surface area contributed by atoms with Crippen molar-refractivity contribution in [1.82, 2.24) is 35.1 Å². The normalized spacial score (nSPS) is 28.6. The predicted molar refractivity (Wildman–Crippen MR) is 235 cm³/mol. The quantitative estimate of drug-likeness (QED) is 0.238. The molecule has 12 nitrogen and oxygen atoms in total. The molecule has 4 aliphatic heterocycles. The average Bonchev–Trinajstić information content (AvgIpc) is 3.87. The maximum Gasteiger partial charge on any atom is 0.323 e. The van der Waals surface area contributed by atoms with E-state index < -0.39 is 22.6 Å². The van der Waals surface area contributed by atoms with Crippen LogP contribution < -0.4 is 15.6 Å². The first-order valence-electron chi connectivity index (χ1n) is 22.1. The minimum atomic E-state index is -1.20. The summed E-state index contributed by atoms with van der Waals surface area (Å²) in [5.74, 6) is 0.842. The van der Waals surface area contributed by atoms with Gasteiger partial charge >= 0.3 is 5.97 Å². The zero-order chi connectivity index (χ0) is 41.6. The molecule has 6 bridgehead atoms. The van der Waals surface area contributed by atoms with Gasteiger partial charge in [0.15, 0.2) is 0 Å². The summed E-state index contributed by atoms with van der Waals surface area (Å²) in [5, 5.41) is 5.33. The van der Waals surface area contributed by atoms with Crippen molar-refractivity contribution in [3.8, 4) is 11.3 Å².